The van der Waals surface area contributed by atoms with Crippen molar-refractivity contribution in [2.45, 2.75) is 6.61 Å². The van der Waals surface area contributed by atoms with Crippen LogP contribution in [0.25, 0.3) is 0 Å². The van der Waals surface area contributed by atoms with Gasteiger partial charge in [0.05, 0.1) is 11.6 Å². The van der Waals surface area contributed by atoms with Gasteiger partial charge in [-0.1, -0.05) is 23.2 Å². The monoisotopic (exact) mass is 195 g/mol. The molecular formula is C6H4Cl2FNO. The quantitative estimate of drug-likeness (QED) is 0.697. The van der Waals surface area contributed by atoms with Crippen molar-refractivity contribution in [1.29, 1.82) is 0 Å². The zero-order chi connectivity index (χ0) is 8.43. The average molecular weight is 196 g/mol. The molecule has 1 aromatic heterocycles. The lowest BCUT2D eigenvalue weighted by molar-refractivity contribution is 0.281. The number of nitrogens with zero attached hydrogens (tertiary/aromatic N) is 1. The molecule has 0 aliphatic rings. The second-order valence-corrected chi connectivity index (χ2v) is 2.62. The molecule has 0 bridgehead atoms. The molecule has 0 aromatic carbocycles. The number of aliphatic hydroxyl groups is 1. The van der Waals surface area contributed by atoms with Crippen molar-refractivity contribution in [2.24, 2.45) is 0 Å². The van der Waals surface area contributed by atoms with E-state index < -0.39 is 5.95 Å². The summed E-state index contributed by atoms with van der Waals surface area (Å²) in [7, 11) is 0. The molecule has 0 atom stereocenters. The molecule has 0 fully saturated rings. The Morgan fingerprint density at radius 1 is 1.45 bits per heavy atom. The lowest BCUT2D eigenvalue weighted by atomic mass is 10.3. The number of aliphatic hydroxyl groups excluding tert-OH is 1. The van der Waals surface area contributed by atoms with Crippen molar-refractivity contribution in [3.05, 3.63) is 27.8 Å². The Morgan fingerprint density at radius 3 is 2.64 bits per heavy atom. The van der Waals surface area contributed by atoms with E-state index in [2.05, 4.69) is 4.98 Å². The summed E-state index contributed by atoms with van der Waals surface area (Å²) in [6.07, 6.45) is 1.14. The Labute approximate surface area is 72.6 Å². The summed E-state index contributed by atoms with van der Waals surface area (Å²) >= 11 is 10.9. The number of hydrogen-bond acceptors (Lipinski definition) is 2. The minimum absolute atomic E-state index is 0.0154. The molecule has 0 aliphatic heterocycles. The van der Waals surface area contributed by atoms with Gasteiger partial charge < -0.3 is 5.11 Å². The van der Waals surface area contributed by atoms with Gasteiger partial charge in [0.2, 0.25) is 5.95 Å². The molecule has 0 spiro atoms. The third-order valence-corrected chi connectivity index (χ3v) is 2.03. The van der Waals surface area contributed by atoms with Crippen LogP contribution in [-0.2, 0) is 6.61 Å². The minimum Gasteiger partial charge on any atom is -0.392 e. The minimum atomic E-state index is -0.825. The first kappa shape index (κ1) is 8.71. The maximum Gasteiger partial charge on any atom is 0.233 e. The second kappa shape index (κ2) is 3.34. The van der Waals surface area contributed by atoms with Gasteiger partial charge in [-0.3, -0.25) is 0 Å². The summed E-state index contributed by atoms with van der Waals surface area (Å²) in [4.78, 5) is 3.27. The van der Waals surface area contributed by atoms with Crippen molar-refractivity contribution in [1.82, 2.24) is 4.98 Å². The van der Waals surface area contributed by atoms with Crippen LogP contribution in [0, 0.1) is 5.95 Å². The Hall–Kier alpha value is -0.380. The van der Waals surface area contributed by atoms with Crippen LogP contribution in [0.5, 0.6) is 0 Å². The molecule has 0 unspecified atom stereocenters. The molecule has 1 rings (SSSR count). The van der Waals surface area contributed by atoms with Gasteiger partial charge in [-0.2, -0.15) is 4.39 Å². The van der Waals surface area contributed by atoms with Gasteiger partial charge in [-0.15, -0.1) is 0 Å². The van der Waals surface area contributed by atoms with Crippen LogP contribution in [0.15, 0.2) is 6.20 Å². The SMILES string of the molecule is OCc1cnc(F)c(Cl)c1Cl. The van der Waals surface area contributed by atoms with Gasteiger partial charge in [0, 0.05) is 11.8 Å². The van der Waals surface area contributed by atoms with Crippen molar-refractivity contribution in [3.63, 3.8) is 0 Å². The molecule has 11 heavy (non-hydrogen) atoms. The van der Waals surface area contributed by atoms with Gasteiger partial charge in [0.15, 0.2) is 0 Å². The number of halogens is 3. The van der Waals surface area contributed by atoms with E-state index in [1.54, 1.807) is 0 Å². The first-order valence-electron chi connectivity index (χ1n) is 2.76. The highest BCUT2D eigenvalue weighted by molar-refractivity contribution is 6.42. The molecule has 0 saturated carbocycles. The van der Waals surface area contributed by atoms with E-state index in [1.165, 1.54) is 0 Å². The largest absolute Gasteiger partial charge is 0.392 e. The van der Waals surface area contributed by atoms with E-state index in [0.717, 1.165) is 6.20 Å². The third kappa shape index (κ3) is 1.61. The van der Waals surface area contributed by atoms with Crippen molar-refractivity contribution in [3.8, 4) is 0 Å². The van der Waals surface area contributed by atoms with Crippen molar-refractivity contribution in [2.75, 3.05) is 0 Å². The molecular weight excluding hydrogens is 192 g/mol. The smallest absolute Gasteiger partial charge is 0.233 e. The fourth-order valence-electron chi connectivity index (χ4n) is 0.590. The highest BCUT2D eigenvalue weighted by atomic mass is 35.5. The van der Waals surface area contributed by atoms with Crippen molar-refractivity contribution < 1.29 is 9.50 Å². The topological polar surface area (TPSA) is 33.1 Å². The van der Waals surface area contributed by atoms with Gasteiger partial charge in [0.1, 0.15) is 5.02 Å². The zero-order valence-corrected chi connectivity index (χ0v) is 6.82. The first-order valence-corrected chi connectivity index (χ1v) is 3.51. The fourth-order valence-corrected chi connectivity index (χ4v) is 0.946. The van der Waals surface area contributed by atoms with Crippen LogP contribution in [0.4, 0.5) is 4.39 Å². The molecule has 1 aromatic rings. The summed E-state index contributed by atoms with van der Waals surface area (Å²) in [5, 5.41) is 8.39. The van der Waals surface area contributed by atoms with Gasteiger partial charge >= 0.3 is 0 Å². The van der Waals surface area contributed by atoms with E-state index in [0.29, 0.717) is 5.56 Å². The van der Waals surface area contributed by atoms with E-state index in [1.807, 2.05) is 0 Å². The molecule has 0 saturated heterocycles. The highest BCUT2D eigenvalue weighted by Gasteiger charge is 2.09. The molecule has 0 radical (unpaired) electrons. The number of hydrogen-bond donors (Lipinski definition) is 1. The molecule has 0 amide bonds. The third-order valence-electron chi connectivity index (χ3n) is 1.16. The van der Waals surface area contributed by atoms with Crippen LogP contribution < -0.4 is 0 Å². The van der Waals surface area contributed by atoms with E-state index in [-0.39, 0.29) is 16.7 Å². The maximum atomic E-state index is 12.5. The standard InChI is InChI=1S/C6H4Cl2FNO/c7-4-3(2-11)1-10-6(9)5(4)8/h1,11H,2H2. The lowest BCUT2D eigenvalue weighted by Gasteiger charge is -2.00. The van der Waals surface area contributed by atoms with Crippen molar-refractivity contribution >= 4 is 23.2 Å². The molecule has 2 nitrogen and oxygen atoms in total. The number of rotatable bonds is 1. The molecule has 5 heteroatoms. The predicted molar refractivity (Wildman–Crippen MR) is 40.1 cm³/mol. The summed E-state index contributed by atoms with van der Waals surface area (Å²) in [6.45, 7) is -0.300. The van der Waals surface area contributed by atoms with Crippen LogP contribution in [0.2, 0.25) is 10.0 Å². The highest BCUT2D eigenvalue weighted by Crippen LogP contribution is 2.26. The summed E-state index contributed by atoms with van der Waals surface area (Å²) < 4.78 is 12.5. The molecule has 60 valence electrons. The number of aromatic nitrogens is 1. The molecule has 0 aliphatic carbocycles. The Kier molecular flexibility index (Phi) is 2.65. The Bertz CT molecular complexity index is 280. The van der Waals surface area contributed by atoms with Crippen LogP contribution in [0.3, 0.4) is 0 Å². The van der Waals surface area contributed by atoms with Gasteiger partial charge in [0.25, 0.3) is 0 Å². The summed E-state index contributed by atoms with van der Waals surface area (Å²) in [6, 6.07) is 0. The van der Waals surface area contributed by atoms with Gasteiger partial charge in [-0.25, -0.2) is 4.98 Å². The van der Waals surface area contributed by atoms with E-state index >= 15 is 0 Å². The van der Waals surface area contributed by atoms with Crippen LogP contribution in [-0.4, -0.2) is 10.1 Å². The zero-order valence-electron chi connectivity index (χ0n) is 5.31. The predicted octanol–water partition coefficient (Wildman–Crippen LogP) is 2.02. The van der Waals surface area contributed by atoms with E-state index in [9.17, 15) is 4.39 Å². The van der Waals surface area contributed by atoms with Crippen LogP contribution in [0.1, 0.15) is 5.56 Å². The Balaban J connectivity index is 3.25. The lowest BCUT2D eigenvalue weighted by Crippen LogP contribution is -1.91. The van der Waals surface area contributed by atoms with Crippen LogP contribution >= 0.6 is 23.2 Å². The molecule has 1 N–H and O–H groups in total. The summed E-state index contributed by atoms with van der Waals surface area (Å²) in [5.41, 5.74) is 0.318. The maximum absolute atomic E-state index is 12.5. The first-order chi connectivity index (χ1) is 5.16. The molecule has 1 heterocycles. The summed E-state index contributed by atoms with van der Waals surface area (Å²) in [5.74, 6) is -0.825. The number of pyridine rings is 1. The fraction of sp³-hybridized carbons (Fsp3) is 0.167. The normalized spacial score (nSPS) is 10.2. The average Bonchev–Trinajstić information content (AvgIpc) is 2.01. The van der Waals surface area contributed by atoms with E-state index in [4.69, 9.17) is 28.3 Å². The van der Waals surface area contributed by atoms with Gasteiger partial charge in [-0.05, 0) is 0 Å². The second-order valence-electron chi connectivity index (χ2n) is 1.86. The Morgan fingerprint density at radius 2 is 2.09 bits per heavy atom.